The summed E-state index contributed by atoms with van der Waals surface area (Å²) in [6.07, 6.45) is 3.52. The average Bonchev–Trinajstić information content (AvgIpc) is 2.86. The fourth-order valence-corrected chi connectivity index (χ4v) is 3.54. The van der Waals surface area contributed by atoms with Gasteiger partial charge in [0.1, 0.15) is 13.0 Å². The highest BCUT2D eigenvalue weighted by Crippen LogP contribution is 2.34. The topological polar surface area (TPSA) is 89.0 Å². The number of carbonyl (C=O) groups excluding carboxylic acids is 2. The highest BCUT2D eigenvalue weighted by molar-refractivity contribution is 6.03. The third-order valence-electron chi connectivity index (χ3n) is 5.38. The van der Waals surface area contributed by atoms with E-state index in [0.717, 1.165) is 16.7 Å². The van der Waals surface area contributed by atoms with E-state index in [1.807, 2.05) is 63.2 Å². The Morgan fingerprint density at radius 3 is 2.27 bits per heavy atom. The molecule has 2 N–H and O–H groups in total. The van der Waals surface area contributed by atoms with Crippen LogP contribution < -0.4 is 20.2 Å². The fraction of sp³-hybridized carbons (Fsp3) is 0.233. The van der Waals surface area contributed by atoms with Crippen LogP contribution in [-0.2, 0) is 22.6 Å². The van der Waals surface area contributed by atoms with Gasteiger partial charge in [-0.2, -0.15) is 5.10 Å². The number of nitrogens with one attached hydrogen (secondary N) is 2. The van der Waals surface area contributed by atoms with Crippen molar-refractivity contribution in [2.75, 3.05) is 11.9 Å². The Kier molecular flexibility index (Phi) is 10.0. The second kappa shape index (κ2) is 13.6. The van der Waals surface area contributed by atoms with Crippen molar-refractivity contribution in [3.05, 3.63) is 101 Å². The van der Waals surface area contributed by atoms with Crippen molar-refractivity contribution in [2.45, 2.75) is 40.2 Å². The van der Waals surface area contributed by atoms with Gasteiger partial charge in [0.15, 0.2) is 11.5 Å². The maximum Gasteiger partial charge on any atom is 0.249 e. The Morgan fingerprint density at radius 1 is 0.946 bits per heavy atom. The molecule has 3 aromatic carbocycles. The first-order valence-electron chi connectivity index (χ1n) is 12.1. The number of nitrogens with zero attached hydrogens (tertiary/aromatic N) is 1. The van der Waals surface area contributed by atoms with Gasteiger partial charge < -0.3 is 14.8 Å². The van der Waals surface area contributed by atoms with Gasteiger partial charge in [-0.1, -0.05) is 53.6 Å². The molecular formula is C30H33N3O4. The highest BCUT2D eigenvalue weighted by atomic mass is 16.5. The van der Waals surface area contributed by atoms with E-state index in [0.29, 0.717) is 42.4 Å². The Labute approximate surface area is 218 Å². The highest BCUT2D eigenvalue weighted by Gasteiger charge is 2.14. The number of amides is 2. The van der Waals surface area contributed by atoms with Crippen molar-refractivity contribution < 1.29 is 19.1 Å². The van der Waals surface area contributed by atoms with Crippen molar-refractivity contribution in [3.63, 3.8) is 0 Å². The molecule has 0 bridgehead atoms. The predicted octanol–water partition coefficient (Wildman–Crippen LogP) is 5.49. The maximum absolute atomic E-state index is 12.2. The second-order valence-electron chi connectivity index (χ2n) is 8.59. The van der Waals surface area contributed by atoms with Crippen LogP contribution in [0, 0.1) is 13.8 Å². The van der Waals surface area contributed by atoms with E-state index in [2.05, 4.69) is 22.4 Å². The van der Waals surface area contributed by atoms with Crippen LogP contribution in [0.5, 0.6) is 11.5 Å². The molecule has 0 saturated carbocycles. The summed E-state index contributed by atoms with van der Waals surface area (Å²) < 4.78 is 12.0. The molecule has 2 amide bonds. The summed E-state index contributed by atoms with van der Waals surface area (Å²) in [5, 5.41) is 6.71. The first kappa shape index (κ1) is 27.2. The molecule has 0 saturated heterocycles. The largest absolute Gasteiger partial charge is 0.490 e. The summed E-state index contributed by atoms with van der Waals surface area (Å²) in [7, 11) is 0. The summed E-state index contributed by atoms with van der Waals surface area (Å²) in [6, 6.07) is 19.2. The van der Waals surface area contributed by atoms with Gasteiger partial charge in [-0.15, -0.1) is 6.58 Å². The minimum atomic E-state index is -0.518. The molecule has 0 unspecified atom stereocenters. The zero-order chi connectivity index (χ0) is 26.6. The first-order chi connectivity index (χ1) is 17.9. The van der Waals surface area contributed by atoms with Crippen LogP contribution >= 0.6 is 0 Å². The number of hydrogen-bond donors (Lipinski definition) is 2. The first-order valence-corrected chi connectivity index (χ1v) is 12.1. The SMILES string of the molecule is C=CCc1cc(C=NNC(=O)CC(=O)Nc2ccc(C)cc2)cc(OCC)c1OCc1ccc(C)cc1. The van der Waals surface area contributed by atoms with Crippen molar-refractivity contribution in [1.29, 1.82) is 0 Å². The van der Waals surface area contributed by atoms with Gasteiger partial charge in [0.25, 0.3) is 0 Å². The molecule has 0 heterocycles. The van der Waals surface area contributed by atoms with Crippen LogP contribution in [-0.4, -0.2) is 24.6 Å². The van der Waals surface area contributed by atoms with E-state index in [1.54, 1.807) is 24.3 Å². The summed E-state index contributed by atoms with van der Waals surface area (Å²) in [6.45, 7) is 10.6. The second-order valence-corrected chi connectivity index (χ2v) is 8.59. The number of benzene rings is 3. The third kappa shape index (κ3) is 8.65. The van der Waals surface area contributed by atoms with E-state index in [4.69, 9.17) is 9.47 Å². The molecule has 3 aromatic rings. The Hall–Kier alpha value is -4.39. The van der Waals surface area contributed by atoms with Crippen molar-refractivity contribution >= 4 is 23.7 Å². The molecule has 7 nitrogen and oxygen atoms in total. The smallest absolute Gasteiger partial charge is 0.249 e. The number of ether oxygens (including phenoxy) is 2. The molecule has 0 aromatic heterocycles. The Balaban J connectivity index is 1.66. The quantitative estimate of drug-likeness (QED) is 0.149. The Bertz CT molecular complexity index is 1250. The van der Waals surface area contributed by atoms with Crippen LogP contribution in [0.2, 0.25) is 0 Å². The van der Waals surface area contributed by atoms with Crippen LogP contribution in [0.25, 0.3) is 0 Å². The van der Waals surface area contributed by atoms with Gasteiger partial charge in [-0.05, 0) is 62.6 Å². The minimum Gasteiger partial charge on any atom is -0.490 e. The van der Waals surface area contributed by atoms with E-state index < -0.39 is 11.8 Å². The number of allylic oxidation sites excluding steroid dienone is 1. The number of rotatable bonds is 12. The molecule has 0 radical (unpaired) electrons. The summed E-state index contributed by atoms with van der Waals surface area (Å²) in [4.78, 5) is 24.3. The zero-order valence-corrected chi connectivity index (χ0v) is 21.5. The summed E-state index contributed by atoms with van der Waals surface area (Å²) in [5.74, 6) is 0.296. The molecule has 0 spiro atoms. The van der Waals surface area contributed by atoms with E-state index in [9.17, 15) is 9.59 Å². The van der Waals surface area contributed by atoms with Crippen molar-refractivity contribution in [3.8, 4) is 11.5 Å². The van der Waals surface area contributed by atoms with Crippen LogP contribution in [0.4, 0.5) is 5.69 Å². The molecule has 0 aliphatic carbocycles. The third-order valence-corrected chi connectivity index (χ3v) is 5.38. The lowest BCUT2D eigenvalue weighted by atomic mass is 10.1. The maximum atomic E-state index is 12.2. The number of hydrazone groups is 1. The minimum absolute atomic E-state index is 0.344. The van der Waals surface area contributed by atoms with E-state index in [-0.39, 0.29) is 6.42 Å². The van der Waals surface area contributed by atoms with E-state index >= 15 is 0 Å². The predicted molar refractivity (Wildman–Crippen MR) is 147 cm³/mol. The number of carbonyl (C=O) groups is 2. The molecule has 192 valence electrons. The zero-order valence-electron chi connectivity index (χ0n) is 21.5. The molecule has 0 atom stereocenters. The number of hydrogen-bond acceptors (Lipinski definition) is 5. The lowest BCUT2D eigenvalue weighted by Gasteiger charge is -2.17. The monoisotopic (exact) mass is 499 g/mol. The molecule has 0 aliphatic heterocycles. The van der Waals surface area contributed by atoms with E-state index in [1.165, 1.54) is 11.8 Å². The normalized spacial score (nSPS) is 10.7. The Morgan fingerprint density at radius 2 is 1.62 bits per heavy atom. The number of aryl methyl sites for hydroxylation is 2. The number of anilines is 1. The van der Waals surface area contributed by atoms with Crippen molar-refractivity contribution in [2.24, 2.45) is 5.10 Å². The van der Waals surface area contributed by atoms with Gasteiger partial charge in [0.05, 0.1) is 12.8 Å². The molecule has 0 aliphatic rings. The van der Waals surface area contributed by atoms with Crippen LogP contribution in [0.15, 0.2) is 78.4 Å². The lowest BCUT2D eigenvalue weighted by Crippen LogP contribution is -2.24. The molecule has 7 heteroatoms. The van der Waals surface area contributed by atoms with Crippen LogP contribution in [0.1, 0.15) is 41.2 Å². The van der Waals surface area contributed by atoms with Crippen molar-refractivity contribution in [1.82, 2.24) is 5.43 Å². The summed E-state index contributed by atoms with van der Waals surface area (Å²) >= 11 is 0. The van der Waals surface area contributed by atoms with Gasteiger partial charge in [0, 0.05) is 11.3 Å². The molecule has 0 fully saturated rings. The lowest BCUT2D eigenvalue weighted by molar-refractivity contribution is -0.126. The fourth-order valence-electron chi connectivity index (χ4n) is 3.54. The average molecular weight is 500 g/mol. The van der Waals surface area contributed by atoms with Gasteiger partial charge in [0.2, 0.25) is 11.8 Å². The molecule has 3 rings (SSSR count). The molecular weight excluding hydrogens is 466 g/mol. The molecule has 37 heavy (non-hydrogen) atoms. The van der Waals surface area contributed by atoms with Gasteiger partial charge in [-0.25, -0.2) is 5.43 Å². The summed E-state index contributed by atoms with van der Waals surface area (Å²) in [5.41, 5.74) is 7.96. The van der Waals surface area contributed by atoms with Gasteiger partial charge in [-0.3, -0.25) is 9.59 Å². The van der Waals surface area contributed by atoms with Gasteiger partial charge >= 0.3 is 0 Å². The standard InChI is InChI=1S/C30H33N3O4/c1-5-7-25-16-24(17-27(36-6-2)30(25)37-20-23-12-8-21(3)9-13-23)19-31-33-29(35)18-28(34)32-26-14-10-22(4)11-15-26/h5,8-17,19H,1,6-7,18,20H2,2-4H3,(H,32,34)(H,33,35). The van der Waals surface area contributed by atoms with Crippen LogP contribution in [0.3, 0.4) is 0 Å².